The number of nitrogens with zero attached hydrogens (tertiary/aromatic N) is 4. The molecular weight excluding hydrogens is 493 g/mol. The number of carboxylic acid groups (broad SMARTS) is 1. The van der Waals surface area contributed by atoms with Crippen LogP contribution in [0.5, 0.6) is 0 Å². The zero-order chi connectivity index (χ0) is 26.0. The van der Waals surface area contributed by atoms with Gasteiger partial charge in [0.25, 0.3) is 0 Å². The van der Waals surface area contributed by atoms with Crippen molar-refractivity contribution in [3.05, 3.63) is 47.0 Å². The van der Waals surface area contributed by atoms with Gasteiger partial charge in [-0.1, -0.05) is 17.7 Å². The second kappa shape index (κ2) is 10.6. The van der Waals surface area contributed by atoms with E-state index in [1.165, 1.54) is 20.2 Å². The third-order valence-electron chi connectivity index (χ3n) is 5.52. The van der Waals surface area contributed by atoms with Crippen molar-refractivity contribution in [3.63, 3.8) is 0 Å². The maximum Gasteiger partial charge on any atom is 0.323 e. The molecule has 3 atom stereocenters. The fourth-order valence-electron chi connectivity index (χ4n) is 3.70. The number of anilines is 1. The highest BCUT2D eigenvalue weighted by Gasteiger charge is 2.37. The van der Waals surface area contributed by atoms with E-state index < -0.39 is 25.1 Å². The molecule has 0 aliphatic rings. The van der Waals surface area contributed by atoms with Crippen LogP contribution in [-0.4, -0.2) is 48.6 Å². The number of benzene rings is 1. The summed E-state index contributed by atoms with van der Waals surface area (Å²) < 4.78 is 21.7. The molecule has 0 saturated heterocycles. The van der Waals surface area contributed by atoms with E-state index in [9.17, 15) is 14.5 Å². The first kappa shape index (κ1) is 27.0. The number of carboxylic acids is 1. The highest BCUT2D eigenvalue weighted by Crippen LogP contribution is 2.42. The Bertz CT molecular complexity index is 1270. The molecule has 2 aromatic heterocycles. The standard InChI is InChI=1S/C22H31ClN7O4P/c1-13-8-16(23)6-7-17(13)15(3)28-35(33,29-22(4,5)21(31)32)12-34-14(2)9-30-11-27-18-19(24)25-10-26-20(18)30/h6-8,10-11,14-15H,9,12H2,1-5H3,(H,31,32)(H2,24,25,26)(H2,28,29,33)/t14-,15-,35?/m1/s1. The van der Waals surface area contributed by atoms with Crippen molar-refractivity contribution < 1.29 is 19.2 Å². The molecule has 0 fully saturated rings. The molecule has 3 aromatic rings. The van der Waals surface area contributed by atoms with Crippen LogP contribution in [0, 0.1) is 6.92 Å². The van der Waals surface area contributed by atoms with Crippen molar-refractivity contribution in [2.45, 2.75) is 58.8 Å². The molecule has 190 valence electrons. The number of rotatable bonds is 11. The molecule has 3 rings (SSSR count). The summed E-state index contributed by atoms with van der Waals surface area (Å²) in [5.41, 5.74) is 7.25. The zero-order valence-corrected chi connectivity index (χ0v) is 22.0. The van der Waals surface area contributed by atoms with Crippen molar-refractivity contribution in [2.75, 3.05) is 12.1 Å². The lowest BCUT2D eigenvalue weighted by atomic mass is 10.0. The molecule has 0 aliphatic heterocycles. The second-order valence-electron chi connectivity index (χ2n) is 9.07. The number of halogens is 1. The summed E-state index contributed by atoms with van der Waals surface area (Å²) in [6.07, 6.45) is 2.30. The van der Waals surface area contributed by atoms with Gasteiger partial charge in [0, 0.05) is 11.1 Å². The number of fused-ring (bicyclic) bond motifs is 1. The van der Waals surface area contributed by atoms with Crippen LogP contribution in [0.3, 0.4) is 0 Å². The highest BCUT2D eigenvalue weighted by atomic mass is 35.5. The summed E-state index contributed by atoms with van der Waals surface area (Å²) in [4.78, 5) is 24.1. The molecule has 13 heteroatoms. The van der Waals surface area contributed by atoms with E-state index in [-0.39, 0.29) is 18.2 Å². The summed E-state index contributed by atoms with van der Waals surface area (Å²) in [6, 6.07) is 5.06. The van der Waals surface area contributed by atoms with E-state index in [2.05, 4.69) is 25.1 Å². The van der Waals surface area contributed by atoms with Gasteiger partial charge in [-0.3, -0.25) is 9.36 Å². The van der Waals surface area contributed by atoms with Crippen LogP contribution in [0.2, 0.25) is 5.02 Å². The molecule has 0 bridgehead atoms. The van der Waals surface area contributed by atoms with Gasteiger partial charge in [0.1, 0.15) is 23.7 Å². The predicted octanol–water partition coefficient (Wildman–Crippen LogP) is 3.73. The summed E-state index contributed by atoms with van der Waals surface area (Å²) in [6.45, 7) is 8.84. The molecule has 5 N–H and O–H groups in total. The Morgan fingerprint density at radius 2 is 2.03 bits per heavy atom. The van der Waals surface area contributed by atoms with Gasteiger partial charge in [0.2, 0.25) is 7.44 Å². The molecule has 0 amide bonds. The van der Waals surface area contributed by atoms with Gasteiger partial charge in [-0.25, -0.2) is 25.1 Å². The molecule has 0 saturated carbocycles. The van der Waals surface area contributed by atoms with E-state index in [4.69, 9.17) is 22.1 Å². The number of carbonyl (C=O) groups is 1. The SMILES string of the molecule is Cc1cc(Cl)ccc1[C@@H](C)NP(=O)(CO[C@H](C)Cn1cnc2c(N)ncnc21)NC(C)(C)C(=O)O. The van der Waals surface area contributed by atoms with Crippen molar-refractivity contribution >= 4 is 42.0 Å². The number of imidazole rings is 1. The first-order chi connectivity index (χ1) is 16.3. The van der Waals surface area contributed by atoms with Crippen molar-refractivity contribution in [2.24, 2.45) is 0 Å². The van der Waals surface area contributed by atoms with Crippen LogP contribution in [0.4, 0.5) is 5.82 Å². The summed E-state index contributed by atoms with van der Waals surface area (Å²) in [5.74, 6) is -0.854. The van der Waals surface area contributed by atoms with Crippen LogP contribution >= 0.6 is 19.0 Å². The fraction of sp³-hybridized carbons (Fsp3) is 0.455. The van der Waals surface area contributed by atoms with Crippen molar-refractivity contribution in [1.82, 2.24) is 29.7 Å². The van der Waals surface area contributed by atoms with Gasteiger partial charge in [0.05, 0.1) is 19.0 Å². The van der Waals surface area contributed by atoms with Gasteiger partial charge in [-0.05, 0) is 57.9 Å². The van der Waals surface area contributed by atoms with E-state index in [1.807, 2.05) is 32.9 Å². The predicted molar refractivity (Wildman–Crippen MR) is 135 cm³/mol. The maximum absolute atomic E-state index is 14.0. The first-order valence-electron chi connectivity index (χ1n) is 11.0. The Balaban J connectivity index is 1.77. The van der Waals surface area contributed by atoms with E-state index in [1.54, 1.807) is 17.0 Å². The van der Waals surface area contributed by atoms with Crippen LogP contribution in [0.15, 0.2) is 30.9 Å². The largest absolute Gasteiger partial charge is 0.480 e. The third-order valence-corrected chi connectivity index (χ3v) is 7.99. The van der Waals surface area contributed by atoms with E-state index in [0.29, 0.717) is 22.7 Å². The Kier molecular flexibility index (Phi) is 8.18. The number of nitrogen functional groups attached to an aromatic ring is 1. The summed E-state index contributed by atoms with van der Waals surface area (Å²) >= 11 is 6.07. The number of ether oxygens (including phenoxy) is 1. The zero-order valence-electron chi connectivity index (χ0n) is 20.3. The molecule has 35 heavy (non-hydrogen) atoms. The lowest BCUT2D eigenvalue weighted by Crippen LogP contribution is -2.48. The third kappa shape index (κ3) is 6.56. The molecular formula is C22H31ClN7O4P. The average Bonchev–Trinajstić information content (AvgIpc) is 3.15. The fourth-order valence-corrected chi connectivity index (χ4v) is 6.36. The van der Waals surface area contributed by atoms with Gasteiger partial charge >= 0.3 is 5.97 Å². The molecule has 1 unspecified atom stereocenters. The summed E-state index contributed by atoms with van der Waals surface area (Å²) in [5, 5.41) is 16.1. The number of aromatic nitrogens is 4. The molecule has 2 heterocycles. The van der Waals surface area contributed by atoms with Gasteiger partial charge < -0.3 is 20.1 Å². The Labute approximate surface area is 208 Å². The lowest BCUT2D eigenvalue weighted by molar-refractivity contribution is -0.142. The topological polar surface area (TPSA) is 157 Å². The minimum absolute atomic E-state index is 0.244. The average molecular weight is 524 g/mol. The Morgan fingerprint density at radius 3 is 2.69 bits per heavy atom. The Morgan fingerprint density at radius 1 is 1.31 bits per heavy atom. The number of nitrogens with two attached hydrogens (primary N) is 1. The lowest BCUT2D eigenvalue weighted by Gasteiger charge is -2.32. The van der Waals surface area contributed by atoms with Crippen molar-refractivity contribution in [3.8, 4) is 0 Å². The maximum atomic E-state index is 14.0. The minimum atomic E-state index is -3.55. The van der Waals surface area contributed by atoms with Crippen LogP contribution in [0.25, 0.3) is 11.2 Å². The van der Waals surface area contributed by atoms with Crippen LogP contribution < -0.4 is 15.9 Å². The summed E-state index contributed by atoms with van der Waals surface area (Å²) in [7, 11) is -3.55. The Hall–Kier alpha value is -2.56. The van der Waals surface area contributed by atoms with Gasteiger partial charge in [0.15, 0.2) is 11.5 Å². The molecule has 0 aliphatic carbocycles. The first-order valence-corrected chi connectivity index (χ1v) is 13.3. The number of aliphatic carboxylic acids is 1. The number of hydrogen-bond acceptors (Lipinski definition) is 7. The normalized spacial score (nSPS) is 15.6. The highest BCUT2D eigenvalue weighted by molar-refractivity contribution is 7.59. The van der Waals surface area contributed by atoms with Gasteiger partial charge in [-0.15, -0.1) is 0 Å². The molecule has 11 nitrogen and oxygen atoms in total. The number of aryl methyl sites for hydroxylation is 1. The van der Waals surface area contributed by atoms with E-state index in [0.717, 1.165) is 11.1 Å². The molecule has 1 aromatic carbocycles. The van der Waals surface area contributed by atoms with Gasteiger partial charge in [-0.2, -0.15) is 0 Å². The van der Waals surface area contributed by atoms with E-state index >= 15 is 0 Å². The number of hydrogen-bond donors (Lipinski definition) is 4. The number of nitrogens with one attached hydrogen (secondary N) is 2. The van der Waals surface area contributed by atoms with Crippen LogP contribution in [0.1, 0.15) is 44.9 Å². The quantitative estimate of drug-likeness (QED) is 0.273. The second-order valence-corrected chi connectivity index (χ2v) is 11.7. The smallest absolute Gasteiger partial charge is 0.323 e. The molecule has 0 radical (unpaired) electrons. The monoisotopic (exact) mass is 523 g/mol. The molecule has 0 spiro atoms. The minimum Gasteiger partial charge on any atom is -0.480 e. The van der Waals surface area contributed by atoms with Crippen molar-refractivity contribution in [1.29, 1.82) is 0 Å². The van der Waals surface area contributed by atoms with Crippen LogP contribution in [-0.2, 0) is 20.6 Å².